The predicted octanol–water partition coefficient (Wildman–Crippen LogP) is 4.25. The molecule has 2 aliphatic carbocycles. The Morgan fingerprint density at radius 1 is 0.846 bits per heavy atom. The van der Waals surface area contributed by atoms with Crippen molar-refractivity contribution in [2.24, 2.45) is 23.2 Å². The lowest BCUT2D eigenvalue weighted by Crippen LogP contribution is -2.28. The SMILES string of the molecule is CC(C)(C)[C@@H]1CC[C@H]2CCCC[C@H]21. The van der Waals surface area contributed by atoms with Gasteiger partial charge in [-0.05, 0) is 42.4 Å². The van der Waals surface area contributed by atoms with Gasteiger partial charge in [-0.1, -0.05) is 40.0 Å². The van der Waals surface area contributed by atoms with E-state index < -0.39 is 0 Å². The first-order valence-corrected chi connectivity index (χ1v) is 6.09. The van der Waals surface area contributed by atoms with E-state index in [1.807, 2.05) is 0 Å². The zero-order valence-corrected chi connectivity index (χ0v) is 9.47. The van der Waals surface area contributed by atoms with E-state index >= 15 is 0 Å². The molecule has 76 valence electrons. The molecule has 2 rings (SSSR count). The molecule has 0 saturated heterocycles. The van der Waals surface area contributed by atoms with Crippen molar-refractivity contribution in [3.8, 4) is 0 Å². The van der Waals surface area contributed by atoms with Crippen molar-refractivity contribution >= 4 is 0 Å². The van der Waals surface area contributed by atoms with Gasteiger partial charge < -0.3 is 0 Å². The monoisotopic (exact) mass is 180 g/mol. The summed E-state index contributed by atoms with van der Waals surface area (Å²) in [5, 5.41) is 0. The number of rotatable bonds is 0. The van der Waals surface area contributed by atoms with Gasteiger partial charge in [-0.25, -0.2) is 0 Å². The van der Waals surface area contributed by atoms with Crippen LogP contribution >= 0.6 is 0 Å². The Morgan fingerprint density at radius 2 is 1.54 bits per heavy atom. The minimum Gasteiger partial charge on any atom is -0.0599 e. The van der Waals surface area contributed by atoms with Crippen LogP contribution in [0.25, 0.3) is 0 Å². The molecule has 0 N–H and O–H groups in total. The molecule has 0 heteroatoms. The topological polar surface area (TPSA) is 0 Å². The van der Waals surface area contributed by atoms with Gasteiger partial charge >= 0.3 is 0 Å². The molecule has 0 nitrogen and oxygen atoms in total. The van der Waals surface area contributed by atoms with Gasteiger partial charge in [0.25, 0.3) is 0 Å². The Bertz CT molecular complexity index is 175. The summed E-state index contributed by atoms with van der Waals surface area (Å²) in [5.74, 6) is 3.23. The van der Waals surface area contributed by atoms with Crippen LogP contribution in [0.15, 0.2) is 0 Å². The molecular formula is C13H24. The molecule has 0 bridgehead atoms. The second-order valence-corrected chi connectivity index (χ2v) is 6.26. The third-order valence-electron chi connectivity index (χ3n) is 4.45. The van der Waals surface area contributed by atoms with E-state index in [0.717, 1.165) is 17.8 Å². The molecule has 0 aliphatic heterocycles. The first-order chi connectivity index (χ1) is 6.09. The maximum Gasteiger partial charge on any atom is -0.0334 e. The van der Waals surface area contributed by atoms with Crippen LogP contribution in [-0.4, -0.2) is 0 Å². The van der Waals surface area contributed by atoms with Gasteiger partial charge in [0, 0.05) is 0 Å². The first-order valence-electron chi connectivity index (χ1n) is 6.09. The third-order valence-corrected chi connectivity index (χ3v) is 4.45. The van der Waals surface area contributed by atoms with E-state index in [-0.39, 0.29) is 0 Å². The van der Waals surface area contributed by atoms with Crippen molar-refractivity contribution in [3.63, 3.8) is 0 Å². The normalized spacial score (nSPS) is 40.4. The lowest BCUT2D eigenvalue weighted by molar-refractivity contribution is 0.133. The van der Waals surface area contributed by atoms with E-state index in [1.165, 1.54) is 38.5 Å². The Morgan fingerprint density at radius 3 is 2.23 bits per heavy atom. The minimum absolute atomic E-state index is 0.566. The van der Waals surface area contributed by atoms with Gasteiger partial charge in [-0.15, -0.1) is 0 Å². The molecule has 13 heavy (non-hydrogen) atoms. The molecule has 3 atom stereocenters. The molecule has 0 heterocycles. The number of fused-ring (bicyclic) bond motifs is 1. The summed E-state index contributed by atoms with van der Waals surface area (Å²) in [6, 6.07) is 0. The molecule has 2 fully saturated rings. The Balaban J connectivity index is 2.07. The van der Waals surface area contributed by atoms with Gasteiger partial charge in [0.15, 0.2) is 0 Å². The van der Waals surface area contributed by atoms with E-state index in [1.54, 1.807) is 0 Å². The Hall–Kier alpha value is 0. The van der Waals surface area contributed by atoms with E-state index in [4.69, 9.17) is 0 Å². The van der Waals surface area contributed by atoms with E-state index in [9.17, 15) is 0 Å². The average molecular weight is 180 g/mol. The molecule has 0 unspecified atom stereocenters. The maximum atomic E-state index is 2.44. The average Bonchev–Trinajstić information content (AvgIpc) is 2.45. The first kappa shape index (κ1) is 9.55. The van der Waals surface area contributed by atoms with Crippen molar-refractivity contribution < 1.29 is 0 Å². The lowest BCUT2D eigenvalue weighted by atomic mass is 9.69. The van der Waals surface area contributed by atoms with E-state index in [2.05, 4.69) is 20.8 Å². The molecule has 0 amide bonds. The minimum atomic E-state index is 0.566. The smallest absolute Gasteiger partial charge is 0.0334 e. The van der Waals surface area contributed by atoms with Gasteiger partial charge in [0.05, 0.1) is 0 Å². The summed E-state index contributed by atoms with van der Waals surface area (Å²) < 4.78 is 0. The second kappa shape index (κ2) is 3.29. The predicted molar refractivity (Wildman–Crippen MR) is 57.6 cm³/mol. The van der Waals surface area contributed by atoms with Crippen molar-refractivity contribution in [1.29, 1.82) is 0 Å². The standard InChI is InChI=1S/C13H24/c1-13(2,3)12-9-8-10-6-4-5-7-11(10)12/h10-12H,4-9H2,1-3H3/t10-,11-,12-/m1/s1. The van der Waals surface area contributed by atoms with Gasteiger partial charge in [-0.2, -0.15) is 0 Å². The number of hydrogen-bond donors (Lipinski definition) is 0. The molecule has 0 aromatic heterocycles. The van der Waals surface area contributed by atoms with Crippen molar-refractivity contribution in [2.45, 2.75) is 59.3 Å². The summed E-state index contributed by atoms with van der Waals surface area (Å²) in [7, 11) is 0. The van der Waals surface area contributed by atoms with Crippen LogP contribution in [0.3, 0.4) is 0 Å². The Kier molecular flexibility index (Phi) is 2.42. The van der Waals surface area contributed by atoms with Crippen LogP contribution < -0.4 is 0 Å². The highest BCUT2D eigenvalue weighted by Gasteiger charge is 2.42. The molecule has 0 aromatic rings. The van der Waals surface area contributed by atoms with Gasteiger partial charge in [0.1, 0.15) is 0 Å². The van der Waals surface area contributed by atoms with Gasteiger partial charge in [-0.3, -0.25) is 0 Å². The fourth-order valence-corrected chi connectivity index (χ4v) is 3.81. The summed E-state index contributed by atoms with van der Waals surface area (Å²) in [6.07, 6.45) is 9.14. The zero-order valence-electron chi connectivity index (χ0n) is 9.47. The van der Waals surface area contributed by atoms with Crippen LogP contribution in [0.2, 0.25) is 0 Å². The number of hydrogen-bond acceptors (Lipinski definition) is 0. The fraction of sp³-hybridized carbons (Fsp3) is 1.00. The lowest BCUT2D eigenvalue weighted by Gasteiger charge is -2.36. The highest BCUT2D eigenvalue weighted by molar-refractivity contribution is 4.92. The van der Waals surface area contributed by atoms with Crippen molar-refractivity contribution in [2.75, 3.05) is 0 Å². The molecule has 0 spiro atoms. The molecule has 0 radical (unpaired) electrons. The van der Waals surface area contributed by atoms with Crippen LogP contribution in [0.5, 0.6) is 0 Å². The largest absolute Gasteiger partial charge is 0.0599 e. The molecule has 0 aromatic carbocycles. The fourth-order valence-electron chi connectivity index (χ4n) is 3.81. The molecular weight excluding hydrogens is 156 g/mol. The quantitative estimate of drug-likeness (QED) is 0.523. The van der Waals surface area contributed by atoms with Crippen molar-refractivity contribution in [3.05, 3.63) is 0 Å². The zero-order chi connectivity index (χ0) is 9.47. The van der Waals surface area contributed by atoms with Crippen molar-refractivity contribution in [1.82, 2.24) is 0 Å². The highest BCUT2D eigenvalue weighted by Crippen LogP contribution is 2.51. The van der Waals surface area contributed by atoms with Crippen LogP contribution in [0, 0.1) is 23.2 Å². The van der Waals surface area contributed by atoms with E-state index in [0.29, 0.717) is 5.41 Å². The molecule has 2 saturated carbocycles. The van der Waals surface area contributed by atoms with Crippen LogP contribution in [0.1, 0.15) is 59.3 Å². The molecule has 2 aliphatic rings. The van der Waals surface area contributed by atoms with Crippen LogP contribution in [-0.2, 0) is 0 Å². The maximum absolute atomic E-state index is 2.44. The summed E-state index contributed by atoms with van der Waals surface area (Å²) in [6.45, 7) is 7.32. The third kappa shape index (κ3) is 1.78. The second-order valence-electron chi connectivity index (χ2n) is 6.26. The van der Waals surface area contributed by atoms with Gasteiger partial charge in [0.2, 0.25) is 0 Å². The summed E-state index contributed by atoms with van der Waals surface area (Å²) in [4.78, 5) is 0. The summed E-state index contributed by atoms with van der Waals surface area (Å²) >= 11 is 0. The Labute approximate surface area is 83.1 Å². The summed E-state index contributed by atoms with van der Waals surface area (Å²) in [5.41, 5.74) is 0.566. The highest BCUT2D eigenvalue weighted by atomic mass is 14.5. The van der Waals surface area contributed by atoms with Crippen LogP contribution in [0.4, 0.5) is 0 Å².